The van der Waals surface area contributed by atoms with Crippen LogP contribution in [0.5, 0.6) is 11.5 Å². The molecule has 34 heavy (non-hydrogen) atoms. The van der Waals surface area contributed by atoms with E-state index in [9.17, 15) is 9.59 Å². The number of hydrogen-bond acceptors (Lipinski definition) is 5. The third-order valence-electron chi connectivity index (χ3n) is 6.21. The molecule has 0 bridgehead atoms. The molecule has 7 heteroatoms. The van der Waals surface area contributed by atoms with Crippen molar-refractivity contribution >= 4 is 17.5 Å². The standard InChI is InChI=1S/C27H27N3O4/c31-26(30-23-11-5-7-19-6-1-2-8-20(19)23)16-28-22-10-4-3-9-21(22)27(32)29-15-18-12-13-24-25(14-18)34-17-33-24/h1-4,6,8-10,12-14,23,28H,5,7,11,15-17H2,(H,29,32)(H,30,31). The molecule has 0 aromatic heterocycles. The van der Waals surface area contributed by atoms with E-state index in [4.69, 9.17) is 9.47 Å². The van der Waals surface area contributed by atoms with E-state index in [1.165, 1.54) is 11.1 Å². The lowest BCUT2D eigenvalue weighted by molar-refractivity contribution is -0.120. The van der Waals surface area contributed by atoms with Crippen LogP contribution < -0.4 is 25.4 Å². The lowest BCUT2D eigenvalue weighted by Crippen LogP contribution is -2.35. The first-order chi connectivity index (χ1) is 16.7. The summed E-state index contributed by atoms with van der Waals surface area (Å²) in [5.74, 6) is 1.07. The van der Waals surface area contributed by atoms with Gasteiger partial charge in [0.15, 0.2) is 11.5 Å². The van der Waals surface area contributed by atoms with E-state index in [0.717, 1.165) is 24.8 Å². The number of rotatable bonds is 7. The van der Waals surface area contributed by atoms with E-state index >= 15 is 0 Å². The SMILES string of the molecule is O=C(CNc1ccccc1C(=O)NCc1ccc2c(c1)OCO2)NC1CCCc2ccccc21. The Morgan fingerprint density at radius 1 is 0.941 bits per heavy atom. The number of ether oxygens (including phenoxy) is 2. The van der Waals surface area contributed by atoms with Crippen LogP contribution in [0.3, 0.4) is 0 Å². The zero-order valence-corrected chi connectivity index (χ0v) is 18.8. The number of carbonyl (C=O) groups is 2. The fourth-order valence-electron chi connectivity index (χ4n) is 4.49. The molecule has 3 aromatic carbocycles. The highest BCUT2D eigenvalue weighted by molar-refractivity contribution is 6.00. The van der Waals surface area contributed by atoms with Gasteiger partial charge < -0.3 is 25.4 Å². The van der Waals surface area contributed by atoms with Gasteiger partial charge in [0, 0.05) is 12.2 Å². The average molecular weight is 458 g/mol. The highest BCUT2D eigenvalue weighted by atomic mass is 16.7. The van der Waals surface area contributed by atoms with E-state index < -0.39 is 0 Å². The number of benzene rings is 3. The molecule has 5 rings (SSSR count). The number of hydrogen-bond donors (Lipinski definition) is 3. The molecule has 0 radical (unpaired) electrons. The fraction of sp³-hybridized carbons (Fsp3) is 0.259. The maximum absolute atomic E-state index is 12.9. The predicted octanol–water partition coefficient (Wildman–Crippen LogP) is 3.95. The minimum Gasteiger partial charge on any atom is -0.454 e. The van der Waals surface area contributed by atoms with Gasteiger partial charge in [0.1, 0.15) is 0 Å². The van der Waals surface area contributed by atoms with E-state index in [-0.39, 0.29) is 31.2 Å². The van der Waals surface area contributed by atoms with Crippen LogP contribution in [0.2, 0.25) is 0 Å². The van der Waals surface area contributed by atoms with Gasteiger partial charge in [-0.3, -0.25) is 9.59 Å². The molecule has 3 aromatic rings. The molecule has 1 heterocycles. The normalized spacial score (nSPS) is 15.8. The van der Waals surface area contributed by atoms with Crippen LogP contribution in [0, 0.1) is 0 Å². The summed E-state index contributed by atoms with van der Waals surface area (Å²) in [6, 6.07) is 21.1. The van der Waals surface area contributed by atoms with Crippen molar-refractivity contribution < 1.29 is 19.1 Å². The van der Waals surface area contributed by atoms with E-state index in [1.807, 2.05) is 36.4 Å². The van der Waals surface area contributed by atoms with E-state index in [1.54, 1.807) is 18.2 Å². The Labute approximate surface area is 198 Å². The molecule has 1 aliphatic carbocycles. The number of carbonyl (C=O) groups excluding carboxylic acids is 2. The Hall–Kier alpha value is -4.00. The summed E-state index contributed by atoms with van der Waals surface area (Å²) in [6.07, 6.45) is 3.04. The maximum Gasteiger partial charge on any atom is 0.253 e. The van der Waals surface area contributed by atoms with Crippen LogP contribution in [-0.2, 0) is 17.8 Å². The quantitative estimate of drug-likeness (QED) is 0.500. The predicted molar refractivity (Wildman–Crippen MR) is 129 cm³/mol. The second-order valence-electron chi connectivity index (χ2n) is 8.48. The monoisotopic (exact) mass is 457 g/mol. The lowest BCUT2D eigenvalue weighted by Gasteiger charge is -2.26. The summed E-state index contributed by atoms with van der Waals surface area (Å²) in [5, 5.41) is 9.20. The first kappa shape index (κ1) is 21.8. The third kappa shape index (κ3) is 4.83. The van der Waals surface area contributed by atoms with Crippen molar-refractivity contribution in [3.05, 3.63) is 89.0 Å². The fourth-order valence-corrected chi connectivity index (χ4v) is 4.49. The average Bonchev–Trinajstić information content (AvgIpc) is 3.34. The number of aryl methyl sites for hydroxylation is 1. The molecule has 1 unspecified atom stereocenters. The van der Waals surface area contributed by atoms with Crippen LogP contribution >= 0.6 is 0 Å². The first-order valence-electron chi connectivity index (χ1n) is 11.5. The van der Waals surface area contributed by atoms with Crippen molar-refractivity contribution in [2.45, 2.75) is 31.8 Å². The second-order valence-corrected chi connectivity index (χ2v) is 8.48. The van der Waals surface area contributed by atoms with Crippen molar-refractivity contribution in [3.63, 3.8) is 0 Å². The van der Waals surface area contributed by atoms with Gasteiger partial charge in [-0.25, -0.2) is 0 Å². The molecule has 0 saturated carbocycles. The van der Waals surface area contributed by atoms with Crippen LogP contribution in [0.15, 0.2) is 66.7 Å². The zero-order valence-electron chi connectivity index (χ0n) is 18.8. The summed E-state index contributed by atoms with van der Waals surface area (Å²) < 4.78 is 10.7. The van der Waals surface area contributed by atoms with Crippen molar-refractivity contribution in [2.75, 3.05) is 18.7 Å². The van der Waals surface area contributed by atoms with Crippen molar-refractivity contribution in [1.29, 1.82) is 0 Å². The van der Waals surface area contributed by atoms with Gasteiger partial charge in [-0.1, -0.05) is 42.5 Å². The summed E-state index contributed by atoms with van der Waals surface area (Å²) in [6.45, 7) is 0.654. The summed E-state index contributed by atoms with van der Waals surface area (Å²) in [4.78, 5) is 25.5. The van der Waals surface area contributed by atoms with Crippen molar-refractivity contribution in [1.82, 2.24) is 10.6 Å². The number of fused-ring (bicyclic) bond motifs is 2. The molecule has 3 N–H and O–H groups in total. The molecule has 174 valence electrons. The van der Waals surface area contributed by atoms with Crippen molar-refractivity contribution in [3.8, 4) is 11.5 Å². The molecule has 0 spiro atoms. The Morgan fingerprint density at radius 2 is 1.76 bits per heavy atom. The van der Waals surface area contributed by atoms with Gasteiger partial charge in [-0.05, 0) is 60.2 Å². The number of anilines is 1. The molecule has 0 saturated heterocycles. The molecule has 1 aliphatic heterocycles. The van der Waals surface area contributed by atoms with Gasteiger partial charge in [-0.2, -0.15) is 0 Å². The molecule has 2 amide bonds. The highest BCUT2D eigenvalue weighted by Gasteiger charge is 2.21. The highest BCUT2D eigenvalue weighted by Crippen LogP contribution is 2.32. The van der Waals surface area contributed by atoms with Gasteiger partial charge in [-0.15, -0.1) is 0 Å². The molecular formula is C27H27N3O4. The summed E-state index contributed by atoms with van der Waals surface area (Å²) in [5.41, 5.74) is 4.51. The van der Waals surface area contributed by atoms with Crippen LogP contribution in [-0.4, -0.2) is 25.2 Å². The number of nitrogens with one attached hydrogen (secondary N) is 3. The molecule has 0 fully saturated rings. The summed E-state index contributed by atoms with van der Waals surface area (Å²) in [7, 11) is 0. The minimum absolute atomic E-state index is 0.0273. The number of amides is 2. The van der Waals surface area contributed by atoms with Gasteiger partial charge >= 0.3 is 0 Å². The van der Waals surface area contributed by atoms with Crippen LogP contribution in [0.4, 0.5) is 5.69 Å². The Morgan fingerprint density at radius 3 is 2.71 bits per heavy atom. The Kier molecular flexibility index (Phi) is 6.33. The number of para-hydroxylation sites is 1. The van der Waals surface area contributed by atoms with Gasteiger partial charge in [0.25, 0.3) is 5.91 Å². The van der Waals surface area contributed by atoms with Gasteiger partial charge in [0.2, 0.25) is 12.7 Å². The Bertz CT molecular complexity index is 1210. The largest absolute Gasteiger partial charge is 0.454 e. The first-order valence-corrected chi connectivity index (χ1v) is 11.5. The minimum atomic E-state index is -0.220. The molecular weight excluding hydrogens is 430 g/mol. The molecule has 2 aliphatic rings. The zero-order chi connectivity index (χ0) is 23.3. The maximum atomic E-state index is 12.9. The third-order valence-corrected chi connectivity index (χ3v) is 6.21. The van der Waals surface area contributed by atoms with Gasteiger partial charge in [0.05, 0.1) is 18.2 Å². The smallest absolute Gasteiger partial charge is 0.253 e. The summed E-state index contributed by atoms with van der Waals surface area (Å²) >= 11 is 0. The van der Waals surface area contributed by atoms with Crippen LogP contribution in [0.25, 0.3) is 0 Å². The molecule has 1 atom stereocenters. The Balaban J connectivity index is 1.18. The van der Waals surface area contributed by atoms with E-state index in [2.05, 4.69) is 28.1 Å². The molecule has 7 nitrogen and oxygen atoms in total. The van der Waals surface area contributed by atoms with Crippen molar-refractivity contribution in [2.24, 2.45) is 0 Å². The van der Waals surface area contributed by atoms with Crippen LogP contribution in [0.1, 0.15) is 45.9 Å². The topological polar surface area (TPSA) is 88.7 Å². The lowest BCUT2D eigenvalue weighted by atomic mass is 9.88. The second kappa shape index (κ2) is 9.87. The van der Waals surface area contributed by atoms with E-state index in [0.29, 0.717) is 29.3 Å².